The Bertz CT molecular complexity index is 479. The third-order valence-corrected chi connectivity index (χ3v) is 1.97. The van der Waals surface area contributed by atoms with Crippen molar-refractivity contribution in [3.8, 4) is 0 Å². The first-order valence-electron chi connectivity index (χ1n) is 3.69. The normalized spacial score (nSPS) is 10.8. The van der Waals surface area contributed by atoms with E-state index in [0.717, 1.165) is 16.6 Å². The molecule has 2 rings (SSSR count). The molecular formula is C9H9N2O. The molecule has 1 aromatic carbocycles. The fourth-order valence-corrected chi connectivity index (χ4v) is 1.27. The second-order valence-electron chi connectivity index (χ2n) is 2.84. The van der Waals surface area contributed by atoms with Gasteiger partial charge in [-0.05, 0) is 24.6 Å². The summed E-state index contributed by atoms with van der Waals surface area (Å²) in [6.07, 6.45) is 0. The molecule has 0 saturated heterocycles. The maximum Gasteiger partial charge on any atom is 0.326 e. The number of benzene rings is 1. The highest BCUT2D eigenvalue weighted by Crippen LogP contribution is 2.10. The van der Waals surface area contributed by atoms with Crippen molar-refractivity contribution >= 4 is 11.0 Å². The topological polar surface area (TPSA) is 37.8 Å². The van der Waals surface area contributed by atoms with Crippen molar-refractivity contribution < 1.29 is 0 Å². The molecule has 0 atom stereocenters. The largest absolute Gasteiger partial charge is 0.326 e. The van der Waals surface area contributed by atoms with Gasteiger partial charge in [0, 0.05) is 7.05 Å². The Balaban J connectivity index is 2.98. The minimum atomic E-state index is -0.0874. The molecule has 1 N–H and O–H groups in total. The number of fused-ring (bicyclic) bond motifs is 1. The summed E-state index contributed by atoms with van der Waals surface area (Å²) in [5.41, 5.74) is 2.58. The predicted molar refractivity (Wildman–Crippen MR) is 48.0 cm³/mol. The van der Waals surface area contributed by atoms with Crippen molar-refractivity contribution in [1.29, 1.82) is 0 Å². The van der Waals surface area contributed by atoms with Crippen LogP contribution in [0.2, 0.25) is 0 Å². The summed E-state index contributed by atoms with van der Waals surface area (Å²) >= 11 is 0. The van der Waals surface area contributed by atoms with Gasteiger partial charge < -0.3 is 4.98 Å². The van der Waals surface area contributed by atoms with E-state index in [1.54, 1.807) is 11.6 Å². The van der Waals surface area contributed by atoms with E-state index < -0.39 is 0 Å². The number of aromatic amines is 1. The second-order valence-corrected chi connectivity index (χ2v) is 2.84. The molecule has 2 aromatic rings. The van der Waals surface area contributed by atoms with Crippen LogP contribution < -0.4 is 5.69 Å². The van der Waals surface area contributed by atoms with E-state index in [1.807, 2.05) is 18.2 Å². The zero-order chi connectivity index (χ0) is 8.72. The lowest BCUT2D eigenvalue weighted by molar-refractivity contribution is 0.891. The fourth-order valence-electron chi connectivity index (χ4n) is 1.27. The zero-order valence-electron chi connectivity index (χ0n) is 6.79. The lowest BCUT2D eigenvalue weighted by Gasteiger charge is -1.94. The van der Waals surface area contributed by atoms with Crippen molar-refractivity contribution in [2.75, 3.05) is 0 Å². The van der Waals surface area contributed by atoms with E-state index in [1.165, 1.54) is 0 Å². The molecule has 1 aromatic heterocycles. The van der Waals surface area contributed by atoms with E-state index in [2.05, 4.69) is 11.9 Å². The highest BCUT2D eigenvalue weighted by molar-refractivity contribution is 5.76. The van der Waals surface area contributed by atoms with Gasteiger partial charge in [-0.25, -0.2) is 4.79 Å². The van der Waals surface area contributed by atoms with E-state index in [9.17, 15) is 4.79 Å². The Morgan fingerprint density at radius 3 is 3.00 bits per heavy atom. The van der Waals surface area contributed by atoms with Crippen LogP contribution in [0.3, 0.4) is 0 Å². The van der Waals surface area contributed by atoms with E-state index >= 15 is 0 Å². The van der Waals surface area contributed by atoms with Crippen LogP contribution >= 0.6 is 0 Å². The number of aromatic nitrogens is 2. The maximum atomic E-state index is 11.1. The molecule has 1 heterocycles. The molecule has 0 aliphatic rings. The van der Waals surface area contributed by atoms with Crippen LogP contribution in [0.5, 0.6) is 0 Å². The van der Waals surface area contributed by atoms with Crippen molar-refractivity contribution in [1.82, 2.24) is 9.55 Å². The van der Waals surface area contributed by atoms with E-state index in [4.69, 9.17) is 0 Å². The zero-order valence-corrected chi connectivity index (χ0v) is 6.79. The van der Waals surface area contributed by atoms with Gasteiger partial charge in [0.05, 0.1) is 11.0 Å². The molecule has 1 radical (unpaired) electrons. The summed E-state index contributed by atoms with van der Waals surface area (Å²) in [5, 5.41) is 0. The minimum Gasteiger partial charge on any atom is -0.306 e. The summed E-state index contributed by atoms with van der Waals surface area (Å²) < 4.78 is 1.57. The Kier molecular flexibility index (Phi) is 1.33. The summed E-state index contributed by atoms with van der Waals surface area (Å²) in [6, 6.07) is 5.62. The maximum absolute atomic E-state index is 11.1. The molecule has 3 heteroatoms. The van der Waals surface area contributed by atoms with Crippen LogP contribution in [0, 0.1) is 6.92 Å². The molecule has 0 aliphatic carbocycles. The molecule has 0 fully saturated rings. The number of imidazole rings is 1. The second kappa shape index (κ2) is 2.24. The monoisotopic (exact) mass is 161 g/mol. The smallest absolute Gasteiger partial charge is 0.306 e. The number of aryl methyl sites for hydroxylation is 1. The molecule has 0 saturated carbocycles. The van der Waals surface area contributed by atoms with Crippen molar-refractivity contribution in [3.05, 3.63) is 41.2 Å². The van der Waals surface area contributed by atoms with Gasteiger partial charge in [0.15, 0.2) is 0 Å². The Labute approximate surface area is 69.6 Å². The van der Waals surface area contributed by atoms with Crippen LogP contribution in [-0.2, 0) is 7.05 Å². The molecule has 12 heavy (non-hydrogen) atoms. The average Bonchev–Trinajstić information content (AvgIpc) is 2.31. The molecule has 0 aliphatic heterocycles. The molecule has 0 bridgehead atoms. The van der Waals surface area contributed by atoms with Gasteiger partial charge in [-0.2, -0.15) is 0 Å². The molecule has 0 spiro atoms. The Morgan fingerprint density at radius 1 is 1.50 bits per heavy atom. The highest BCUT2D eigenvalue weighted by Gasteiger charge is 2.00. The summed E-state index contributed by atoms with van der Waals surface area (Å²) in [4.78, 5) is 13.9. The summed E-state index contributed by atoms with van der Waals surface area (Å²) in [7, 11) is 1.74. The first kappa shape index (κ1) is 7.16. The standard InChI is InChI=1S/C9H9N2O/c1-6-3-4-7-8(5-6)11(2)9(12)10-7/h3-5H,1H2,2H3,(H,10,12). The van der Waals surface area contributed by atoms with Crippen LogP contribution in [0.15, 0.2) is 23.0 Å². The number of rotatable bonds is 0. The average molecular weight is 161 g/mol. The summed E-state index contributed by atoms with van der Waals surface area (Å²) in [6.45, 7) is 3.79. The minimum absolute atomic E-state index is 0.0874. The van der Waals surface area contributed by atoms with Gasteiger partial charge in [-0.15, -0.1) is 0 Å². The number of hydrogen-bond donors (Lipinski definition) is 1. The Morgan fingerprint density at radius 2 is 2.25 bits per heavy atom. The molecular weight excluding hydrogens is 152 g/mol. The molecule has 61 valence electrons. The Hall–Kier alpha value is -1.51. The quantitative estimate of drug-likeness (QED) is 0.616. The lowest BCUT2D eigenvalue weighted by atomic mass is 10.2. The third kappa shape index (κ3) is 0.863. The van der Waals surface area contributed by atoms with Gasteiger partial charge in [0.25, 0.3) is 0 Å². The number of H-pyrrole nitrogens is 1. The summed E-state index contributed by atoms with van der Waals surface area (Å²) in [5.74, 6) is 0. The van der Waals surface area contributed by atoms with Crippen LogP contribution in [-0.4, -0.2) is 9.55 Å². The van der Waals surface area contributed by atoms with Crippen LogP contribution in [0.4, 0.5) is 0 Å². The molecule has 0 amide bonds. The molecule has 3 nitrogen and oxygen atoms in total. The van der Waals surface area contributed by atoms with Gasteiger partial charge in [-0.1, -0.05) is 6.07 Å². The SMILES string of the molecule is [CH2]c1ccc2[nH]c(=O)n(C)c2c1. The van der Waals surface area contributed by atoms with Crippen LogP contribution in [0.25, 0.3) is 11.0 Å². The number of nitrogens with one attached hydrogen (secondary N) is 1. The van der Waals surface area contributed by atoms with Crippen molar-refractivity contribution in [3.63, 3.8) is 0 Å². The van der Waals surface area contributed by atoms with Gasteiger partial charge in [0.1, 0.15) is 0 Å². The van der Waals surface area contributed by atoms with Crippen molar-refractivity contribution in [2.45, 2.75) is 0 Å². The van der Waals surface area contributed by atoms with E-state index in [-0.39, 0.29) is 5.69 Å². The third-order valence-electron chi connectivity index (χ3n) is 1.97. The van der Waals surface area contributed by atoms with Crippen molar-refractivity contribution in [2.24, 2.45) is 7.05 Å². The first-order valence-corrected chi connectivity index (χ1v) is 3.69. The fraction of sp³-hybridized carbons (Fsp3) is 0.111. The van der Waals surface area contributed by atoms with Gasteiger partial charge >= 0.3 is 5.69 Å². The predicted octanol–water partition coefficient (Wildman–Crippen LogP) is 1.05. The number of nitrogens with zero attached hydrogens (tertiary/aromatic N) is 1. The highest BCUT2D eigenvalue weighted by atomic mass is 16.1. The molecule has 0 unspecified atom stereocenters. The van der Waals surface area contributed by atoms with E-state index in [0.29, 0.717) is 0 Å². The van der Waals surface area contributed by atoms with Gasteiger partial charge in [0.2, 0.25) is 0 Å². The first-order chi connectivity index (χ1) is 5.68. The van der Waals surface area contributed by atoms with Gasteiger partial charge in [-0.3, -0.25) is 4.57 Å². The number of hydrogen-bond acceptors (Lipinski definition) is 1. The lowest BCUT2D eigenvalue weighted by Crippen LogP contribution is -2.11. The van der Waals surface area contributed by atoms with Crippen LogP contribution in [0.1, 0.15) is 5.56 Å².